The van der Waals surface area contributed by atoms with E-state index in [4.69, 9.17) is 0 Å². The number of aromatic nitrogens is 1. The van der Waals surface area contributed by atoms with Crippen molar-refractivity contribution in [3.8, 4) is 0 Å². The van der Waals surface area contributed by atoms with Gasteiger partial charge in [-0.2, -0.15) is 4.57 Å². The Morgan fingerprint density at radius 3 is 2.73 bits per heavy atom. The van der Waals surface area contributed by atoms with E-state index in [1.54, 1.807) is 11.4 Å². The normalized spacial score (nSPS) is 10.1. The highest BCUT2D eigenvalue weighted by atomic mass is 32.1. The third kappa shape index (κ3) is 2.19. The van der Waals surface area contributed by atoms with E-state index in [0.717, 1.165) is 4.88 Å². The summed E-state index contributed by atoms with van der Waals surface area (Å²) in [6.07, 6.45) is 3.78. The van der Waals surface area contributed by atoms with E-state index in [1.807, 2.05) is 35.2 Å². The van der Waals surface area contributed by atoms with Crippen molar-refractivity contribution in [3.63, 3.8) is 0 Å². The van der Waals surface area contributed by atoms with E-state index < -0.39 is 0 Å². The minimum absolute atomic E-state index is 0.205. The molecule has 0 unspecified atom stereocenters. The fourth-order valence-electron chi connectivity index (χ4n) is 1.32. The lowest BCUT2D eigenvalue weighted by atomic mass is 10.4. The van der Waals surface area contributed by atoms with Crippen LogP contribution < -0.4 is 4.57 Å². The molecule has 0 N–H and O–H groups in total. The van der Waals surface area contributed by atoms with Gasteiger partial charge >= 0.3 is 0 Å². The lowest BCUT2D eigenvalue weighted by Gasteiger charge is -1.93. The average Bonchev–Trinajstić information content (AvgIpc) is 2.67. The maximum absolute atomic E-state index is 10.7. The summed E-state index contributed by atoms with van der Waals surface area (Å²) in [5.74, 6) is 0. The SMILES string of the molecule is O=[N+]([O-])c1ccsc1C[n+]1ccccc1. The Hall–Kier alpha value is -1.75. The molecule has 76 valence electrons. The van der Waals surface area contributed by atoms with Gasteiger partial charge in [-0.15, -0.1) is 11.3 Å². The number of thiophene rings is 1. The van der Waals surface area contributed by atoms with E-state index in [-0.39, 0.29) is 10.6 Å². The third-order valence-corrected chi connectivity index (χ3v) is 2.92. The van der Waals surface area contributed by atoms with Crippen molar-refractivity contribution < 1.29 is 9.49 Å². The van der Waals surface area contributed by atoms with E-state index >= 15 is 0 Å². The lowest BCUT2D eigenvalue weighted by Crippen LogP contribution is -2.32. The van der Waals surface area contributed by atoms with Crippen LogP contribution in [0.5, 0.6) is 0 Å². The first-order valence-electron chi connectivity index (χ1n) is 4.42. The molecule has 0 fully saturated rings. The van der Waals surface area contributed by atoms with E-state index in [2.05, 4.69) is 0 Å². The monoisotopic (exact) mass is 221 g/mol. The topological polar surface area (TPSA) is 47.0 Å². The second-order valence-electron chi connectivity index (χ2n) is 3.03. The molecule has 0 aliphatic carbocycles. The summed E-state index contributed by atoms with van der Waals surface area (Å²) < 4.78 is 1.92. The van der Waals surface area contributed by atoms with Crippen LogP contribution >= 0.6 is 11.3 Å². The molecule has 2 rings (SSSR count). The van der Waals surface area contributed by atoms with E-state index in [9.17, 15) is 10.1 Å². The molecule has 0 bridgehead atoms. The molecule has 0 atom stereocenters. The predicted molar refractivity (Wildman–Crippen MR) is 56.7 cm³/mol. The van der Waals surface area contributed by atoms with Gasteiger partial charge in [-0.3, -0.25) is 10.1 Å². The molecule has 0 radical (unpaired) electrons. The van der Waals surface area contributed by atoms with Gasteiger partial charge in [0.05, 0.1) is 4.92 Å². The molecule has 0 saturated carbocycles. The second-order valence-corrected chi connectivity index (χ2v) is 4.03. The zero-order valence-corrected chi connectivity index (χ0v) is 8.68. The fraction of sp³-hybridized carbons (Fsp3) is 0.100. The van der Waals surface area contributed by atoms with Crippen LogP contribution in [0.2, 0.25) is 0 Å². The molecular weight excluding hydrogens is 212 g/mol. The Kier molecular flexibility index (Phi) is 2.73. The predicted octanol–water partition coefficient (Wildman–Crippen LogP) is 1.99. The van der Waals surface area contributed by atoms with Crippen LogP contribution in [0.4, 0.5) is 5.69 Å². The first-order valence-corrected chi connectivity index (χ1v) is 5.30. The van der Waals surface area contributed by atoms with Crippen LogP contribution in [0.15, 0.2) is 42.0 Å². The third-order valence-electron chi connectivity index (χ3n) is 2.02. The summed E-state index contributed by atoms with van der Waals surface area (Å²) in [6, 6.07) is 7.27. The molecule has 0 saturated heterocycles. The van der Waals surface area contributed by atoms with Crippen LogP contribution in [-0.2, 0) is 6.54 Å². The Balaban J connectivity index is 2.25. The zero-order chi connectivity index (χ0) is 10.7. The Morgan fingerprint density at radius 1 is 1.33 bits per heavy atom. The lowest BCUT2D eigenvalue weighted by molar-refractivity contribution is -0.688. The molecule has 0 aromatic carbocycles. The van der Waals surface area contributed by atoms with Crippen LogP contribution in [-0.4, -0.2) is 4.92 Å². The Bertz CT molecular complexity index is 467. The number of rotatable bonds is 3. The minimum atomic E-state index is -0.338. The second kappa shape index (κ2) is 4.18. The maximum Gasteiger partial charge on any atom is 0.289 e. The molecule has 15 heavy (non-hydrogen) atoms. The Labute approximate surface area is 90.6 Å². The Morgan fingerprint density at radius 2 is 2.07 bits per heavy atom. The first-order chi connectivity index (χ1) is 7.27. The highest BCUT2D eigenvalue weighted by molar-refractivity contribution is 7.10. The van der Waals surface area contributed by atoms with Gasteiger partial charge in [-0.05, 0) is 5.38 Å². The minimum Gasteiger partial charge on any atom is -0.258 e. The van der Waals surface area contributed by atoms with Gasteiger partial charge in [-0.1, -0.05) is 6.07 Å². The number of hydrogen-bond acceptors (Lipinski definition) is 3. The number of nitro groups is 1. The van der Waals surface area contributed by atoms with Crippen molar-refractivity contribution in [1.82, 2.24) is 0 Å². The van der Waals surface area contributed by atoms with Gasteiger partial charge in [-0.25, -0.2) is 0 Å². The number of nitrogens with zero attached hydrogens (tertiary/aromatic N) is 2. The molecule has 0 aliphatic rings. The summed E-state index contributed by atoms with van der Waals surface area (Å²) in [7, 11) is 0. The van der Waals surface area contributed by atoms with Gasteiger partial charge in [0, 0.05) is 18.2 Å². The molecule has 2 aromatic heterocycles. The van der Waals surface area contributed by atoms with Crippen LogP contribution in [0.1, 0.15) is 4.88 Å². The average molecular weight is 221 g/mol. The van der Waals surface area contributed by atoms with Crippen molar-refractivity contribution in [2.75, 3.05) is 0 Å². The standard InChI is InChI=1S/C10H9N2O2S/c13-12(14)9-4-7-15-10(9)8-11-5-2-1-3-6-11/h1-7H,8H2/q+1. The highest BCUT2D eigenvalue weighted by Crippen LogP contribution is 2.23. The fourth-order valence-corrected chi connectivity index (χ4v) is 2.17. The maximum atomic E-state index is 10.7. The molecule has 2 heterocycles. The van der Waals surface area contributed by atoms with Gasteiger partial charge in [0.15, 0.2) is 18.9 Å². The zero-order valence-electron chi connectivity index (χ0n) is 7.87. The molecular formula is C10H9N2O2S+. The van der Waals surface area contributed by atoms with Crippen molar-refractivity contribution >= 4 is 17.0 Å². The van der Waals surface area contributed by atoms with Crippen LogP contribution in [0.25, 0.3) is 0 Å². The molecule has 2 aromatic rings. The molecule has 4 nitrogen and oxygen atoms in total. The van der Waals surface area contributed by atoms with Crippen molar-refractivity contribution in [2.24, 2.45) is 0 Å². The smallest absolute Gasteiger partial charge is 0.258 e. The quantitative estimate of drug-likeness (QED) is 0.452. The van der Waals surface area contributed by atoms with Crippen LogP contribution in [0.3, 0.4) is 0 Å². The van der Waals surface area contributed by atoms with E-state index in [1.165, 1.54) is 11.3 Å². The van der Waals surface area contributed by atoms with Crippen LogP contribution in [0, 0.1) is 10.1 Å². The van der Waals surface area contributed by atoms with Gasteiger partial charge in [0.1, 0.15) is 4.88 Å². The van der Waals surface area contributed by atoms with Gasteiger partial charge in [0.25, 0.3) is 5.69 Å². The summed E-state index contributed by atoms with van der Waals surface area (Å²) in [5.41, 5.74) is 0.205. The molecule has 0 aliphatic heterocycles. The molecule has 5 heteroatoms. The van der Waals surface area contributed by atoms with Gasteiger partial charge < -0.3 is 0 Å². The van der Waals surface area contributed by atoms with E-state index in [0.29, 0.717) is 6.54 Å². The largest absolute Gasteiger partial charge is 0.289 e. The van der Waals surface area contributed by atoms with Crippen molar-refractivity contribution in [1.29, 1.82) is 0 Å². The summed E-state index contributed by atoms with van der Waals surface area (Å²) in [4.78, 5) is 11.1. The summed E-state index contributed by atoms with van der Waals surface area (Å²) >= 11 is 1.41. The molecule has 0 amide bonds. The van der Waals surface area contributed by atoms with Crippen molar-refractivity contribution in [3.05, 3.63) is 57.0 Å². The number of pyridine rings is 1. The summed E-state index contributed by atoms with van der Waals surface area (Å²) in [6.45, 7) is 0.550. The number of hydrogen-bond donors (Lipinski definition) is 0. The highest BCUT2D eigenvalue weighted by Gasteiger charge is 2.17. The molecule has 0 spiro atoms. The van der Waals surface area contributed by atoms with Gasteiger partial charge in [0.2, 0.25) is 0 Å². The summed E-state index contributed by atoms with van der Waals surface area (Å²) in [5, 5.41) is 12.4. The van der Waals surface area contributed by atoms with Crippen molar-refractivity contribution in [2.45, 2.75) is 6.54 Å². The first kappa shape index (κ1) is 9.79.